The van der Waals surface area contributed by atoms with Crippen LogP contribution in [0.4, 0.5) is 16.3 Å². The van der Waals surface area contributed by atoms with E-state index in [0.29, 0.717) is 6.54 Å². The quantitative estimate of drug-likeness (QED) is 0.873. The molecule has 1 aromatic rings. The molecular weight excluding hydrogens is 292 g/mol. The highest BCUT2D eigenvalue weighted by Crippen LogP contribution is 2.45. The molecule has 1 saturated heterocycles. The van der Waals surface area contributed by atoms with E-state index in [9.17, 15) is 9.90 Å². The summed E-state index contributed by atoms with van der Waals surface area (Å²) < 4.78 is 0. The maximum Gasteiger partial charge on any atom is 0.321 e. The van der Waals surface area contributed by atoms with Gasteiger partial charge in [-0.25, -0.2) is 9.78 Å². The summed E-state index contributed by atoms with van der Waals surface area (Å²) in [6, 6.07) is 3.76. The second kappa shape index (κ2) is 6.35. The lowest BCUT2D eigenvalue weighted by Crippen LogP contribution is -2.37. The van der Waals surface area contributed by atoms with Gasteiger partial charge in [0, 0.05) is 32.1 Å². The molecule has 0 spiro atoms. The van der Waals surface area contributed by atoms with E-state index >= 15 is 0 Å². The molecule has 2 N–H and O–H groups in total. The largest absolute Gasteiger partial charge is 0.396 e. The lowest BCUT2D eigenvalue weighted by Gasteiger charge is -2.23. The molecule has 1 aliphatic carbocycles. The summed E-state index contributed by atoms with van der Waals surface area (Å²) in [6.07, 6.45) is 4.42. The van der Waals surface area contributed by atoms with Crippen LogP contribution in [-0.2, 0) is 0 Å². The van der Waals surface area contributed by atoms with Crippen LogP contribution in [0.5, 0.6) is 0 Å². The molecule has 23 heavy (non-hydrogen) atoms. The van der Waals surface area contributed by atoms with E-state index in [-0.39, 0.29) is 18.1 Å². The van der Waals surface area contributed by atoms with E-state index in [4.69, 9.17) is 0 Å². The third-order valence-corrected chi connectivity index (χ3v) is 4.95. The lowest BCUT2D eigenvalue weighted by molar-refractivity contribution is 0.168. The zero-order valence-electron chi connectivity index (χ0n) is 14.0. The van der Waals surface area contributed by atoms with Gasteiger partial charge in [0.1, 0.15) is 5.82 Å². The maximum absolute atomic E-state index is 12.3. The van der Waals surface area contributed by atoms with Crippen molar-refractivity contribution in [3.8, 4) is 0 Å². The number of amides is 2. The zero-order chi connectivity index (χ0) is 16.4. The molecule has 2 amide bonds. The molecule has 126 valence electrons. The number of aryl methyl sites for hydroxylation is 1. The van der Waals surface area contributed by atoms with Gasteiger partial charge >= 0.3 is 6.03 Å². The number of carbonyl (C=O) groups is 1. The number of aliphatic hydroxyl groups is 1. The lowest BCUT2D eigenvalue weighted by atomic mass is 10.1. The molecule has 3 rings (SSSR count). The number of nitrogens with zero attached hydrogens (tertiary/aromatic N) is 3. The van der Waals surface area contributed by atoms with E-state index in [1.807, 2.05) is 19.1 Å². The fourth-order valence-corrected chi connectivity index (χ4v) is 3.13. The summed E-state index contributed by atoms with van der Waals surface area (Å²) in [5, 5.41) is 12.3. The van der Waals surface area contributed by atoms with Crippen LogP contribution >= 0.6 is 0 Å². The Morgan fingerprint density at radius 3 is 2.65 bits per heavy atom. The van der Waals surface area contributed by atoms with E-state index in [1.165, 1.54) is 12.8 Å². The minimum Gasteiger partial charge on any atom is -0.396 e. The van der Waals surface area contributed by atoms with Gasteiger partial charge in [-0.2, -0.15) is 0 Å². The predicted octanol–water partition coefficient (Wildman–Crippen LogP) is 2.23. The average Bonchev–Trinajstić information content (AvgIpc) is 3.10. The van der Waals surface area contributed by atoms with Gasteiger partial charge in [-0.3, -0.25) is 0 Å². The topological polar surface area (TPSA) is 68.7 Å². The standard InChI is InChI=1S/C17H26N4O2/c1-13-14(5-6-15(18-13)21-9-3-4-10-21)19-16(23)20(2)11-17(12-22)7-8-17/h5-6,22H,3-4,7-12H2,1-2H3,(H,19,23). The van der Waals surface area contributed by atoms with Crippen LogP contribution in [0.25, 0.3) is 0 Å². The van der Waals surface area contributed by atoms with E-state index in [1.54, 1.807) is 11.9 Å². The van der Waals surface area contributed by atoms with Crippen molar-refractivity contribution in [2.75, 3.05) is 43.5 Å². The van der Waals surface area contributed by atoms with Crippen LogP contribution in [0, 0.1) is 12.3 Å². The first-order valence-electron chi connectivity index (χ1n) is 8.39. The van der Waals surface area contributed by atoms with Crippen molar-refractivity contribution in [3.05, 3.63) is 17.8 Å². The Balaban J connectivity index is 1.61. The molecule has 2 heterocycles. The molecule has 1 saturated carbocycles. The first kappa shape index (κ1) is 16.1. The predicted molar refractivity (Wildman–Crippen MR) is 90.8 cm³/mol. The Morgan fingerprint density at radius 2 is 2.09 bits per heavy atom. The van der Waals surface area contributed by atoms with Crippen molar-refractivity contribution >= 4 is 17.5 Å². The molecule has 2 aliphatic rings. The van der Waals surface area contributed by atoms with Gasteiger partial charge in [0.15, 0.2) is 0 Å². The van der Waals surface area contributed by atoms with Crippen LogP contribution < -0.4 is 10.2 Å². The molecule has 0 atom stereocenters. The van der Waals surface area contributed by atoms with Crippen molar-refractivity contribution in [1.29, 1.82) is 0 Å². The van der Waals surface area contributed by atoms with Gasteiger partial charge in [0.2, 0.25) is 0 Å². The Labute approximate surface area is 137 Å². The third-order valence-electron chi connectivity index (χ3n) is 4.95. The summed E-state index contributed by atoms with van der Waals surface area (Å²) in [7, 11) is 1.77. The highest BCUT2D eigenvalue weighted by atomic mass is 16.3. The monoisotopic (exact) mass is 318 g/mol. The molecule has 1 aliphatic heterocycles. The number of aliphatic hydroxyl groups excluding tert-OH is 1. The van der Waals surface area contributed by atoms with Gasteiger partial charge in [-0.15, -0.1) is 0 Å². The van der Waals surface area contributed by atoms with Crippen LogP contribution in [-0.4, -0.2) is 54.3 Å². The van der Waals surface area contributed by atoms with Crippen LogP contribution in [0.15, 0.2) is 12.1 Å². The number of carbonyl (C=O) groups excluding carboxylic acids is 1. The number of rotatable bonds is 5. The number of pyridine rings is 1. The molecule has 2 fully saturated rings. The van der Waals surface area contributed by atoms with E-state index in [2.05, 4.69) is 15.2 Å². The number of aromatic nitrogens is 1. The first-order chi connectivity index (χ1) is 11.0. The molecular formula is C17H26N4O2. The van der Waals surface area contributed by atoms with Gasteiger partial charge in [0.25, 0.3) is 0 Å². The second-order valence-corrected chi connectivity index (χ2v) is 6.94. The number of anilines is 2. The molecule has 0 unspecified atom stereocenters. The molecule has 0 radical (unpaired) electrons. The highest BCUT2D eigenvalue weighted by Gasteiger charge is 2.43. The van der Waals surface area contributed by atoms with Crippen molar-refractivity contribution in [2.24, 2.45) is 5.41 Å². The fourth-order valence-electron chi connectivity index (χ4n) is 3.13. The number of hydrogen-bond acceptors (Lipinski definition) is 4. The number of nitrogens with one attached hydrogen (secondary N) is 1. The highest BCUT2D eigenvalue weighted by molar-refractivity contribution is 5.89. The minimum atomic E-state index is -0.149. The average molecular weight is 318 g/mol. The van der Waals surface area contributed by atoms with Crippen LogP contribution in [0.1, 0.15) is 31.4 Å². The zero-order valence-corrected chi connectivity index (χ0v) is 14.0. The Kier molecular flexibility index (Phi) is 4.43. The number of urea groups is 1. The Morgan fingerprint density at radius 1 is 1.39 bits per heavy atom. The summed E-state index contributed by atoms with van der Waals surface area (Å²) in [4.78, 5) is 20.9. The van der Waals surface area contributed by atoms with Crippen LogP contribution in [0.2, 0.25) is 0 Å². The summed E-state index contributed by atoms with van der Waals surface area (Å²) in [5.41, 5.74) is 1.51. The Hall–Kier alpha value is -1.82. The van der Waals surface area contributed by atoms with Crippen molar-refractivity contribution < 1.29 is 9.90 Å². The smallest absolute Gasteiger partial charge is 0.321 e. The van der Waals surface area contributed by atoms with Gasteiger partial charge in [-0.05, 0) is 44.7 Å². The third kappa shape index (κ3) is 3.58. The Bertz CT molecular complexity index is 580. The van der Waals surface area contributed by atoms with Gasteiger partial charge < -0.3 is 20.2 Å². The summed E-state index contributed by atoms with van der Waals surface area (Å²) in [6.45, 7) is 4.78. The molecule has 0 aromatic carbocycles. The summed E-state index contributed by atoms with van der Waals surface area (Å²) in [5.74, 6) is 0.989. The minimum absolute atomic E-state index is 0.0704. The maximum atomic E-state index is 12.3. The fraction of sp³-hybridized carbons (Fsp3) is 0.647. The molecule has 6 nitrogen and oxygen atoms in total. The van der Waals surface area contributed by atoms with E-state index < -0.39 is 0 Å². The number of hydrogen-bond donors (Lipinski definition) is 2. The summed E-state index contributed by atoms with van der Waals surface area (Å²) >= 11 is 0. The second-order valence-electron chi connectivity index (χ2n) is 6.94. The van der Waals surface area contributed by atoms with Crippen molar-refractivity contribution in [3.63, 3.8) is 0 Å². The van der Waals surface area contributed by atoms with Crippen LogP contribution in [0.3, 0.4) is 0 Å². The first-order valence-corrected chi connectivity index (χ1v) is 8.39. The SMILES string of the molecule is Cc1nc(N2CCCC2)ccc1NC(=O)N(C)CC1(CO)CC1. The van der Waals surface area contributed by atoms with Crippen molar-refractivity contribution in [1.82, 2.24) is 9.88 Å². The van der Waals surface area contributed by atoms with E-state index in [0.717, 1.165) is 43.1 Å². The van der Waals surface area contributed by atoms with Gasteiger partial charge in [-0.1, -0.05) is 0 Å². The van der Waals surface area contributed by atoms with Crippen molar-refractivity contribution in [2.45, 2.75) is 32.6 Å². The molecule has 6 heteroatoms. The molecule has 1 aromatic heterocycles. The molecule has 0 bridgehead atoms. The van der Waals surface area contributed by atoms with Gasteiger partial charge in [0.05, 0.1) is 18.0 Å². The normalized spacial score (nSPS) is 18.8.